The largest absolute Gasteiger partial charge is 0.394 e. The van der Waals surface area contributed by atoms with Crippen LogP contribution >= 0.6 is 0 Å². The minimum absolute atomic E-state index is 0.0728. The molecule has 0 saturated carbocycles. The van der Waals surface area contributed by atoms with E-state index in [0.29, 0.717) is 29.4 Å². The lowest BCUT2D eigenvalue weighted by molar-refractivity contribution is 0.102. The first-order valence-corrected chi connectivity index (χ1v) is 10.3. The number of aromatic amines is 1. The molecule has 0 saturated heterocycles. The average molecular weight is 440 g/mol. The fourth-order valence-corrected chi connectivity index (χ4v) is 3.41. The van der Waals surface area contributed by atoms with E-state index in [9.17, 15) is 9.90 Å². The van der Waals surface area contributed by atoms with Crippen LogP contribution in [0.1, 0.15) is 10.5 Å². The maximum absolute atomic E-state index is 13.0. The summed E-state index contributed by atoms with van der Waals surface area (Å²) in [5.74, 6) is 0.149. The third kappa shape index (κ3) is 4.41. The highest BCUT2D eigenvalue weighted by atomic mass is 16.3. The Labute approximate surface area is 188 Å². The standard InChI is InChI=1S/C23H20N8O2/c32-11-10-31-14-20(22(30-31)18-4-1-2-9-24-18)28-23(33)19-5-3-6-21(27-19)26-16-7-8-17-15(12-16)13-25-29-17/h1-9,12-14,32H,10-11H2,(H,25,29)(H,26,27)(H,28,33). The minimum Gasteiger partial charge on any atom is -0.394 e. The van der Waals surface area contributed by atoms with Crippen LogP contribution < -0.4 is 10.6 Å². The van der Waals surface area contributed by atoms with Crippen LogP contribution in [0.5, 0.6) is 0 Å². The lowest BCUT2D eigenvalue weighted by Crippen LogP contribution is -2.14. The van der Waals surface area contributed by atoms with Gasteiger partial charge in [0.1, 0.15) is 17.2 Å². The highest BCUT2D eigenvalue weighted by Gasteiger charge is 2.17. The number of H-pyrrole nitrogens is 1. The second kappa shape index (κ2) is 8.89. The summed E-state index contributed by atoms with van der Waals surface area (Å²) in [6, 6.07) is 16.4. The van der Waals surface area contributed by atoms with Gasteiger partial charge in [0.2, 0.25) is 0 Å². The first-order valence-electron chi connectivity index (χ1n) is 10.3. The lowest BCUT2D eigenvalue weighted by Gasteiger charge is -2.08. The number of hydrogen-bond donors (Lipinski definition) is 4. The summed E-state index contributed by atoms with van der Waals surface area (Å²) in [7, 11) is 0. The van der Waals surface area contributed by atoms with Crippen molar-refractivity contribution in [1.82, 2.24) is 29.9 Å². The van der Waals surface area contributed by atoms with Gasteiger partial charge in [0.25, 0.3) is 5.91 Å². The van der Waals surface area contributed by atoms with Crippen molar-refractivity contribution in [2.24, 2.45) is 0 Å². The van der Waals surface area contributed by atoms with E-state index in [0.717, 1.165) is 16.6 Å². The molecule has 5 rings (SSSR count). The SMILES string of the molecule is O=C(Nc1cn(CCO)nc1-c1ccccn1)c1cccc(Nc2ccc3n[nH]cc3c2)n1. The molecule has 164 valence electrons. The van der Waals surface area contributed by atoms with Gasteiger partial charge in [-0.2, -0.15) is 10.2 Å². The number of amides is 1. The molecule has 1 aromatic carbocycles. The Morgan fingerprint density at radius 3 is 2.91 bits per heavy atom. The molecule has 0 aliphatic heterocycles. The Hall–Kier alpha value is -4.57. The number of pyridine rings is 2. The van der Waals surface area contributed by atoms with Crippen molar-refractivity contribution in [2.75, 3.05) is 17.2 Å². The second-order valence-electron chi connectivity index (χ2n) is 7.24. The van der Waals surface area contributed by atoms with Crippen LogP contribution in [-0.2, 0) is 6.54 Å². The molecule has 4 aromatic heterocycles. The maximum Gasteiger partial charge on any atom is 0.274 e. The molecule has 10 nitrogen and oxygen atoms in total. The number of aliphatic hydroxyl groups excluding tert-OH is 1. The molecular weight excluding hydrogens is 420 g/mol. The molecule has 1 amide bonds. The Bertz CT molecular complexity index is 1410. The number of benzene rings is 1. The van der Waals surface area contributed by atoms with Gasteiger partial charge in [-0.25, -0.2) is 4.98 Å². The molecule has 0 aliphatic carbocycles. The predicted octanol–water partition coefficient (Wildman–Crippen LogP) is 3.20. The summed E-state index contributed by atoms with van der Waals surface area (Å²) in [5, 5.41) is 27.7. The zero-order valence-corrected chi connectivity index (χ0v) is 17.4. The number of rotatable bonds is 7. The molecule has 0 bridgehead atoms. The number of fused-ring (bicyclic) bond motifs is 1. The van der Waals surface area contributed by atoms with Gasteiger partial charge in [-0.3, -0.25) is 19.6 Å². The maximum atomic E-state index is 13.0. The molecule has 0 radical (unpaired) electrons. The van der Waals surface area contributed by atoms with Crippen LogP contribution in [0.25, 0.3) is 22.3 Å². The Morgan fingerprint density at radius 1 is 1.12 bits per heavy atom. The normalized spacial score (nSPS) is 10.9. The van der Waals surface area contributed by atoms with Crippen LogP contribution in [0, 0.1) is 0 Å². The fraction of sp³-hybridized carbons (Fsp3) is 0.0870. The van der Waals surface area contributed by atoms with Gasteiger partial charge in [0.05, 0.1) is 30.0 Å². The number of aliphatic hydroxyl groups is 1. The van der Waals surface area contributed by atoms with Gasteiger partial charge in [-0.05, 0) is 42.5 Å². The predicted molar refractivity (Wildman–Crippen MR) is 124 cm³/mol. The first-order chi connectivity index (χ1) is 16.2. The van der Waals surface area contributed by atoms with E-state index < -0.39 is 0 Å². The number of nitrogens with one attached hydrogen (secondary N) is 3. The molecule has 4 heterocycles. The summed E-state index contributed by atoms with van der Waals surface area (Å²) >= 11 is 0. The van der Waals surface area contributed by atoms with Crippen molar-refractivity contribution in [3.63, 3.8) is 0 Å². The Kier molecular flexibility index (Phi) is 5.48. The molecule has 0 atom stereocenters. The third-order valence-electron chi connectivity index (χ3n) is 4.93. The Balaban J connectivity index is 1.38. The van der Waals surface area contributed by atoms with E-state index in [2.05, 4.69) is 35.9 Å². The monoisotopic (exact) mass is 440 g/mol. The summed E-state index contributed by atoms with van der Waals surface area (Å²) in [6.45, 7) is 0.227. The molecule has 4 N–H and O–H groups in total. The van der Waals surface area contributed by atoms with Crippen molar-refractivity contribution >= 4 is 34.0 Å². The van der Waals surface area contributed by atoms with E-state index in [-0.39, 0.29) is 18.2 Å². The van der Waals surface area contributed by atoms with Crippen molar-refractivity contribution in [3.05, 3.63) is 78.9 Å². The van der Waals surface area contributed by atoms with E-state index in [1.807, 2.05) is 30.5 Å². The van der Waals surface area contributed by atoms with Gasteiger partial charge in [0, 0.05) is 29.7 Å². The van der Waals surface area contributed by atoms with Crippen LogP contribution in [0.4, 0.5) is 17.2 Å². The average Bonchev–Trinajstić information content (AvgIpc) is 3.46. The molecule has 5 aromatic rings. The number of carbonyl (C=O) groups excluding carboxylic acids is 1. The highest BCUT2D eigenvalue weighted by Crippen LogP contribution is 2.25. The molecule has 0 spiro atoms. The summed E-state index contributed by atoms with van der Waals surface area (Å²) in [5.41, 5.74) is 3.55. The van der Waals surface area contributed by atoms with E-state index >= 15 is 0 Å². The quantitative estimate of drug-likeness (QED) is 0.305. The highest BCUT2D eigenvalue weighted by molar-refractivity contribution is 6.04. The van der Waals surface area contributed by atoms with Gasteiger partial charge < -0.3 is 15.7 Å². The number of hydrogen-bond acceptors (Lipinski definition) is 7. The fourth-order valence-electron chi connectivity index (χ4n) is 3.41. The van der Waals surface area contributed by atoms with E-state index in [1.165, 1.54) is 0 Å². The number of anilines is 3. The molecule has 10 heteroatoms. The summed E-state index contributed by atoms with van der Waals surface area (Å²) < 4.78 is 1.57. The zero-order chi connectivity index (χ0) is 22.6. The number of aromatic nitrogens is 6. The van der Waals surface area contributed by atoms with Crippen molar-refractivity contribution in [1.29, 1.82) is 0 Å². The van der Waals surface area contributed by atoms with Gasteiger partial charge in [0.15, 0.2) is 0 Å². The van der Waals surface area contributed by atoms with Crippen LogP contribution in [0.2, 0.25) is 0 Å². The summed E-state index contributed by atoms with van der Waals surface area (Å²) in [4.78, 5) is 21.8. The Morgan fingerprint density at radius 2 is 2.06 bits per heavy atom. The smallest absolute Gasteiger partial charge is 0.274 e. The first kappa shape index (κ1) is 20.3. The second-order valence-corrected chi connectivity index (χ2v) is 7.24. The third-order valence-corrected chi connectivity index (χ3v) is 4.93. The van der Waals surface area contributed by atoms with Gasteiger partial charge >= 0.3 is 0 Å². The van der Waals surface area contributed by atoms with Crippen molar-refractivity contribution in [3.8, 4) is 11.4 Å². The molecule has 0 fully saturated rings. The zero-order valence-electron chi connectivity index (χ0n) is 17.4. The lowest BCUT2D eigenvalue weighted by atomic mass is 10.2. The van der Waals surface area contributed by atoms with Crippen LogP contribution in [-0.4, -0.2) is 47.6 Å². The van der Waals surface area contributed by atoms with Crippen molar-refractivity contribution < 1.29 is 9.90 Å². The summed E-state index contributed by atoms with van der Waals surface area (Å²) in [6.07, 6.45) is 5.14. The van der Waals surface area contributed by atoms with Crippen molar-refractivity contribution in [2.45, 2.75) is 6.54 Å². The van der Waals surface area contributed by atoms with Crippen LogP contribution in [0.3, 0.4) is 0 Å². The molecule has 33 heavy (non-hydrogen) atoms. The number of carbonyl (C=O) groups is 1. The topological polar surface area (TPSA) is 134 Å². The number of nitrogens with zero attached hydrogens (tertiary/aromatic N) is 5. The minimum atomic E-state index is -0.385. The van der Waals surface area contributed by atoms with E-state index in [1.54, 1.807) is 47.4 Å². The van der Waals surface area contributed by atoms with Gasteiger partial charge in [-0.1, -0.05) is 12.1 Å². The van der Waals surface area contributed by atoms with Crippen LogP contribution in [0.15, 0.2) is 73.2 Å². The molecule has 0 unspecified atom stereocenters. The van der Waals surface area contributed by atoms with E-state index in [4.69, 9.17) is 0 Å². The molecular formula is C23H20N8O2. The molecule has 0 aliphatic rings. The van der Waals surface area contributed by atoms with Gasteiger partial charge in [-0.15, -0.1) is 0 Å².